The van der Waals surface area contributed by atoms with E-state index in [0.29, 0.717) is 11.3 Å². The van der Waals surface area contributed by atoms with Crippen LogP contribution in [0, 0.1) is 5.82 Å². The zero-order chi connectivity index (χ0) is 15.0. The van der Waals surface area contributed by atoms with E-state index < -0.39 is 6.10 Å². The van der Waals surface area contributed by atoms with Crippen LogP contribution in [0.3, 0.4) is 0 Å². The van der Waals surface area contributed by atoms with Gasteiger partial charge in [0.25, 0.3) is 0 Å². The molecule has 1 aliphatic heterocycles. The SMILES string of the molecule is C[C@@H](O)c1ccc(N2CCN(C)c3ccccc32)c(F)c1. The molecule has 0 spiro atoms. The first-order valence-corrected chi connectivity index (χ1v) is 7.13. The van der Waals surface area contributed by atoms with Crippen molar-refractivity contribution in [1.29, 1.82) is 0 Å². The standard InChI is InChI=1S/C17H19FN2O/c1-12(21)13-7-8-15(14(18)11-13)20-10-9-19(2)16-5-3-4-6-17(16)20/h3-8,11-12,21H,9-10H2,1-2H3/t12-/m1/s1. The van der Waals surface area contributed by atoms with Crippen molar-refractivity contribution in [2.24, 2.45) is 0 Å². The van der Waals surface area contributed by atoms with Crippen molar-refractivity contribution in [3.8, 4) is 0 Å². The smallest absolute Gasteiger partial charge is 0.147 e. The molecule has 0 aliphatic carbocycles. The Morgan fingerprint density at radius 3 is 2.43 bits per heavy atom. The van der Waals surface area contributed by atoms with Gasteiger partial charge in [0, 0.05) is 20.1 Å². The molecular formula is C17H19FN2O. The first-order chi connectivity index (χ1) is 10.1. The molecule has 2 aromatic carbocycles. The Bertz CT molecular complexity index is 657. The maximum Gasteiger partial charge on any atom is 0.147 e. The molecule has 0 bridgehead atoms. The second-order valence-electron chi connectivity index (χ2n) is 5.45. The van der Waals surface area contributed by atoms with Gasteiger partial charge in [-0.3, -0.25) is 0 Å². The molecule has 3 nitrogen and oxygen atoms in total. The minimum Gasteiger partial charge on any atom is -0.389 e. The number of benzene rings is 2. The Labute approximate surface area is 124 Å². The third kappa shape index (κ3) is 2.47. The minimum atomic E-state index is -0.659. The predicted octanol–water partition coefficient (Wildman–Crippen LogP) is 3.47. The Hall–Kier alpha value is -2.07. The van der Waals surface area contributed by atoms with Crippen LogP contribution in [-0.2, 0) is 0 Å². The summed E-state index contributed by atoms with van der Waals surface area (Å²) in [5, 5.41) is 9.55. The van der Waals surface area contributed by atoms with Crippen LogP contribution >= 0.6 is 0 Å². The third-order valence-corrected chi connectivity index (χ3v) is 3.99. The van der Waals surface area contributed by atoms with Crippen molar-refractivity contribution in [1.82, 2.24) is 0 Å². The molecule has 1 atom stereocenters. The highest BCUT2D eigenvalue weighted by Gasteiger charge is 2.23. The number of para-hydroxylation sites is 2. The fraction of sp³-hybridized carbons (Fsp3) is 0.294. The van der Waals surface area contributed by atoms with Crippen LogP contribution in [0.4, 0.5) is 21.5 Å². The highest BCUT2D eigenvalue weighted by molar-refractivity contribution is 5.79. The molecule has 0 aromatic heterocycles. The molecule has 3 rings (SSSR count). The van der Waals surface area contributed by atoms with Crippen LogP contribution in [0.25, 0.3) is 0 Å². The van der Waals surface area contributed by atoms with Crippen LogP contribution in [0.1, 0.15) is 18.6 Å². The summed E-state index contributed by atoms with van der Waals surface area (Å²) in [6.07, 6.45) is -0.659. The van der Waals surface area contributed by atoms with Gasteiger partial charge in [-0.2, -0.15) is 0 Å². The van der Waals surface area contributed by atoms with Crippen molar-refractivity contribution in [2.75, 3.05) is 29.9 Å². The number of fused-ring (bicyclic) bond motifs is 1. The first kappa shape index (κ1) is 13.9. The van der Waals surface area contributed by atoms with Gasteiger partial charge in [-0.05, 0) is 36.8 Å². The predicted molar refractivity (Wildman–Crippen MR) is 83.8 cm³/mol. The quantitative estimate of drug-likeness (QED) is 0.915. The number of hydrogen-bond acceptors (Lipinski definition) is 3. The molecule has 0 fully saturated rings. The minimum absolute atomic E-state index is 0.298. The van der Waals surface area contributed by atoms with Crippen LogP contribution in [-0.4, -0.2) is 25.2 Å². The lowest BCUT2D eigenvalue weighted by Crippen LogP contribution is -2.36. The van der Waals surface area contributed by atoms with Crippen molar-refractivity contribution in [3.63, 3.8) is 0 Å². The van der Waals surface area contributed by atoms with Crippen LogP contribution in [0.2, 0.25) is 0 Å². The van der Waals surface area contributed by atoms with E-state index in [1.54, 1.807) is 19.1 Å². The summed E-state index contributed by atoms with van der Waals surface area (Å²) in [4.78, 5) is 4.17. The topological polar surface area (TPSA) is 26.7 Å². The average Bonchev–Trinajstić information content (AvgIpc) is 2.48. The van der Waals surface area contributed by atoms with Gasteiger partial charge in [0.15, 0.2) is 0 Å². The Balaban J connectivity index is 2.04. The summed E-state index contributed by atoms with van der Waals surface area (Å²) in [6.45, 7) is 3.21. The van der Waals surface area contributed by atoms with E-state index >= 15 is 0 Å². The summed E-state index contributed by atoms with van der Waals surface area (Å²) in [6, 6.07) is 13.0. The van der Waals surface area contributed by atoms with Gasteiger partial charge in [-0.1, -0.05) is 18.2 Å². The molecule has 1 heterocycles. The van der Waals surface area contributed by atoms with Gasteiger partial charge in [-0.15, -0.1) is 0 Å². The highest BCUT2D eigenvalue weighted by Crippen LogP contribution is 2.38. The van der Waals surface area contributed by atoms with E-state index in [1.807, 2.05) is 36.2 Å². The zero-order valence-electron chi connectivity index (χ0n) is 12.3. The van der Waals surface area contributed by atoms with Crippen LogP contribution < -0.4 is 9.80 Å². The average molecular weight is 286 g/mol. The molecule has 1 aliphatic rings. The van der Waals surface area contributed by atoms with Gasteiger partial charge in [0.1, 0.15) is 5.82 Å². The summed E-state index contributed by atoms with van der Waals surface area (Å²) in [7, 11) is 2.04. The van der Waals surface area contributed by atoms with E-state index in [0.717, 1.165) is 24.5 Å². The van der Waals surface area contributed by atoms with Gasteiger partial charge in [0.2, 0.25) is 0 Å². The van der Waals surface area contributed by atoms with Crippen LogP contribution in [0.5, 0.6) is 0 Å². The highest BCUT2D eigenvalue weighted by atomic mass is 19.1. The van der Waals surface area contributed by atoms with E-state index in [9.17, 15) is 9.50 Å². The monoisotopic (exact) mass is 286 g/mol. The van der Waals surface area contributed by atoms with Gasteiger partial charge in [0.05, 0.1) is 23.2 Å². The van der Waals surface area contributed by atoms with Crippen molar-refractivity contribution in [3.05, 3.63) is 53.8 Å². The maximum atomic E-state index is 14.4. The van der Waals surface area contributed by atoms with Gasteiger partial charge in [-0.25, -0.2) is 4.39 Å². The normalized spacial score (nSPS) is 15.8. The maximum absolute atomic E-state index is 14.4. The summed E-state index contributed by atoms with van der Waals surface area (Å²) >= 11 is 0. The van der Waals surface area contributed by atoms with E-state index in [2.05, 4.69) is 4.90 Å². The largest absolute Gasteiger partial charge is 0.389 e. The molecule has 2 aromatic rings. The van der Waals surface area contributed by atoms with Crippen molar-refractivity contribution >= 4 is 17.1 Å². The Morgan fingerprint density at radius 2 is 1.76 bits per heavy atom. The van der Waals surface area contributed by atoms with Gasteiger partial charge < -0.3 is 14.9 Å². The molecule has 4 heteroatoms. The molecule has 0 unspecified atom stereocenters. The molecule has 0 radical (unpaired) electrons. The zero-order valence-corrected chi connectivity index (χ0v) is 12.3. The van der Waals surface area contributed by atoms with Gasteiger partial charge >= 0.3 is 0 Å². The lowest BCUT2D eigenvalue weighted by Gasteiger charge is -2.37. The number of aliphatic hydroxyl groups is 1. The number of anilines is 3. The third-order valence-electron chi connectivity index (χ3n) is 3.99. The van der Waals surface area contributed by atoms with Crippen molar-refractivity contribution < 1.29 is 9.50 Å². The molecular weight excluding hydrogens is 267 g/mol. The molecule has 21 heavy (non-hydrogen) atoms. The number of aliphatic hydroxyl groups excluding tert-OH is 1. The number of halogens is 1. The van der Waals surface area contributed by atoms with E-state index in [4.69, 9.17) is 0 Å². The van der Waals surface area contributed by atoms with E-state index in [-0.39, 0.29) is 5.82 Å². The number of hydrogen-bond donors (Lipinski definition) is 1. The molecule has 1 N–H and O–H groups in total. The summed E-state index contributed by atoms with van der Waals surface area (Å²) in [5.74, 6) is -0.298. The molecule has 0 saturated heterocycles. The second kappa shape index (κ2) is 5.37. The second-order valence-corrected chi connectivity index (χ2v) is 5.45. The van der Waals surface area contributed by atoms with Crippen molar-refractivity contribution in [2.45, 2.75) is 13.0 Å². The molecule has 0 saturated carbocycles. The lowest BCUT2D eigenvalue weighted by molar-refractivity contribution is 0.199. The number of nitrogens with zero attached hydrogens (tertiary/aromatic N) is 2. The van der Waals surface area contributed by atoms with E-state index in [1.165, 1.54) is 6.07 Å². The Kier molecular flexibility index (Phi) is 3.55. The number of rotatable bonds is 2. The fourth-order valence-corrected chi connectivity index (χ4v) is 2.76. The summed E-state index contributed by atoms with van der Waals surface area (Å²) in [5.41, 5.74) is 3.26. The first-order valence-electron chi connectivity index (χ1n) is 7.13. The molecule has 110 valence electrons. The fourth-order valence-electron chi connectivity index (χ4n) is 2.76. The lowest BCUT2D eigenvalue weighted by atomic mass is 10.1. The molecule has 0 amide bonds. The Morgan fingerprint density at radius 1 is 1.05 bits per heavy atom. The van der Waals surface area contributed by atoms with Crippen LogP contribution in [0.15, 0.2) is 42.5 Å². The number of likely N-dealkylation sites (N-methyl/N-ethyl adjacent to an activating group) is 1. The summed E-state index contributed by atoms with van der Waals surface area (Å²) < 4.78 is 14.4.